The van der Waals surface area contributed by atoms with E-state index in [1.54, 1.807) is 0 Å². The first-order chi connectivity index (χ1) is 16.1. The van der Waals surface area contributed by atoms with Crippen LogP contribution in [0.1, 0.15) is 41.4 Å². The van der Waals surface area contributed by atoms with Crippen molar-refractivity contribution in [1.82, 2.24) is 15.6 Å². The molecule has 1 atom stereocenters. The van der Waals surface area contributed by atoms with Gasteiger partial charge in [0.05, 0.1) is 5.69 Å². The van der Waals surface area contributed by atoms with E-state index in [4.69, 9.17) is 0 Å². The van der Waals surface area contributed by atoms with Gasteiger partial charge in [-0.05, 0) is 55.5 Å². The Labute approximate surface area is 199 Å². The molecule has 33 heavy (non-hydrogen) atoms. The number of hydrogen-bond acceptors (Lipinski definition) is 7. The van der Waals surface area contributed by atoms with Gasteiger partial charge in [0, 0.05) is 50.3 Å². The molecule has 1 saturated carbocycles. The van der Waals surface area contributed by atoms with Crippen LogP contribution in [0.2, 0.25) is 0 Å². The summed E-state index contributed by atoms with van der Waals surface area (Å²) in [5, 5.41) is 17.5. The molecule has 0 aliphatic heterocycles. The number of nitrogens with zero attached hydrogens (tertiary/aromatic N) is 1. The van der Waals surface area contributed by atoms with Crippen molar-refractivity contribution >= 4 is 44.7 Å². The molecule has 4 rings (SSSR count). The molecular formula is C25H34N6OS. The Balaban J connectivity index is 1.28. The molecule has 3 aromatic rings. The Morgan fingerprint density at radius 1 is 1.12 bits per heavy atom. The summed E-state index contributed by atoms with van der Waals surface area (Å²) in [5.41, 5.74) is 3.17. The summed E-state index contributed by atoms with van der Waals surface area (Å²) in [4.78, 5) is 18.9. The van der Waals surface area contributed by atoms with E-state index in [0.29, 0.717) is 17.5 Å². The van der Waals surface area contributed by atoms with Crippen molar-refractivity contribution < 1.29 is 4.79 Å². The molecule has 0 radical (unpaired) electrons. The third-order valence-corrected chi connectivity index (χ3v) is 7.11. The zero-order valence-electron chi connectivity index (χ0n) is 19.6. The second-order valence-electron chi connectivity index (χ2n) is 8.49. The molecule has 1 aliphatic rings. The first-order valence-electron chi connectivity index (χ1n) is 11.8. The van der Waals surface area contributed by atoms with Crippen LogP contribution in [0.25, 0.3) is 10.2 Å². The molecule has 1 aromatic carbocycles. The van der Waals surface area contributed by atoms with Crippen LogP contribution in [-0.4, -0.2) is 50.2 Å². The highest BCUT2D eigenvalue weighted by molar-refractivity contribution is 7.21. The Hall–Kier alpha value is -2.84. The van der Waals surface area contributed by atoms with Gasteiger partial charge < -0.3 is 26.6 Å². The van der Waals surface area contributed by atoms with Gasteiger partial charge in [-0.3, -0.25) is 4.79 Å². The molecule has 176 valence electrons. The van der Waals surface area contributed by atoms with E-state index in [0.717, 1.165) is 52.8 Å². The van der Waals surface area contributed by atoms with Gasteiger partial charge in [0.25, 0.3) is 5.91 Å². The molecule has 8 heteroatoms. The predicted molar refractivity (Wildman–Crippen MR) is 140 cm³/mol. The summed E-state index contributed by atoms with van der Waals surface area (Å²) in [6.45, 7) is 3.76. The summed E-state index contributed by atoms with van der Waals surface area (Å²) >= 11 is 1.41. The summed E-state index contributed by atoms with van der Waals surface area (Å²) in [6.07, 6.45) is 4.54. The van der Waals surface area contributed by atoms with Crippen LogP contribution >= 0.6 is 11.3 Å². The largest absolute Gasteiger partial charge is 0.386 e. The third kappa shape index (κ3) is 5.94. The topological polar surface area (TPSA) is 90.1 Å². The van der Waals surface area contributed by atoms with Crippen molar-refractivity contribution in [3.63, 3.8) is 0 Å². The number of thiophene rings is 1. The summed E-state index contributed by atoms with van der Waals surface area (Å²) in [7, 11) is 3.68. The molecule has 1 aliphatic carbocycles. The zero-order valence-corrected chi connectivity index (χ0v) is 20.4. The lowest BCUT2D eigenvalue weighted by atomic mass is 10.1. The smallest absolute Gasteiger partial charge is 0.263 e. The van der Waals surface area contributed by atoms with E-state index in [1.165, 1.54) is 29.7 Å². The molecule has 2 aromatic heterocycles. The fourth-order valence-corrected chi connectivity index (χ4v) is 4.96. The monoisotopic (exact) mass is 466 g/mol. The van der Waals surface area contributed by atoms with Crippen LogP contribution in [-0.2, 0) is 6.42 Å². The minimum Gasteiger partial charge on any atom is -0.386 e. The normalized spacial score (nSPS) is 14.2. The predicted octanol–water partition coefficient (Wildman–Crippen LogP) is 4.29. The Morgan fingerprint density at radius 3 is 2.58 bits per heavy atom. The molecular weight excluding hydrogens is 432 g/mol. The van der Waals surface area contributed by atoms with E-state index >= 15 is 0 Å². The first kappa shape index (κ1) is 23.3. The fourth-order valence-electron chi connectivity index (χ4n) is 3.86. The van der Waals surface area contributed by atoms with E-state index in [-0.39, 0.29) is 5.91 Å². The first-order valence-corrected chi connectivity index (χ1v) is 12.6. The standard InChI is InChI=1S/C25H34N6OS/c1-4-17(30-19-9-10-19)15-29-18-7-5-16(6-8-18)13-14-28-24(32)23-22(27-3)20-11-12-21(26-2)31-25(20)33-23/h5-8,11-12,17,19,27,29-30H,4,9-10,13-15H2,1-3H3,(H,26,31)(H,28,32)/t17-/m0/s1. The average molecular weight is 467 g/mol. The number of benzene rings is 1. The average Bonchev–Trinajstić information content (AvgIpc) is 3.59. The number of rotatable bonds is 12. The lowest BCUT2D eigenvalue weighted by Gasteiger charge is -2.18. The van der Waals surface area contributed by atoms with E-state index in [1.807, 2.05) is 26.2 Å². The summed E-state index contributed by atoms with van der Waals surface area (Å²) in [6, 6.07) is 13.7. The maximum absolute atomic E-state index is 12.9. The van der Waals surface area contributed by atoms with Crippen molar-refractivity contribution in [3.8, 4) is 0 Å². The summed E-state index contributed by atoms with van der Waals surface area (Å²) in [5.74, 6) is 0.723. The molecule has 7 nitrogen and oxygen atoms in total. The lowest BCUT2D eigenvalue weighted by Crippen LogP contribution is -2.36. The van der Waals surface area contributed by atoms with Crippen molar-refractivity contribution in [1.29, 1.82) is 0 Å². The van der Waals surface area contributed by atoms with Crippen molar-refractivity contribution in [2.75, 3.05) is 43.1 Å². The number of amides is 1. The molecule has 5 N–H and O–H groups in total. The van der Waals surface area contributed by atoms with Crippen LogP contribution in [0.3, 0.4) is 0 Å². The number of carbonyl (C=O) groups excluding carboxylic acids is 1. The van der Waals surface area contributed by atoms with Gasteiger partial charge in [-0.15, -0.1) is 11.3 Å². The molecule has 0 unspecified atom stereocenters. The maximum atomic E-state index is 12.9. The van der Waals surface area contributed by atoms with Gasteiger partial charge in [0.2, 0.25) is 0 Å². The maximum Gasteiger partial charge on any atom is 0.263 e. The lowest BCUT2D eigenvalue weighted by molar-refractivity contribution is 0.0959. The highest BCUT2D eigenvalue weighted by Crippen LogP contribution is 2.35. The van der Waals surface area contributed by atoms with Crippen LogP contribution in [0.4, 0.5) is 17.2 Å². The minimum atomic E-state index is -0.0691. The fraction of sp³-hybridized carbons (Fsp3) is 0.440. The Bertz CT molecular complexity index is 1080. The van der Waals surface area contributed by atoms with Crippen molar-refractivity contribution in [3.05, 3.63) is 46.8 Å². The Morgan fingerprint density at radius 2 is 1.91 bits per heavy atom. The van der Waals surface area contributed by atoms with Crippen LogP contribution in [0, 0.1) is 0 Å². The molecule has 0 bridgehead atoms. The highest BCUT2D eigenvalue weighted by Gasteiger charge is 2.23. The third-order valence-electron chi connectivity index (χ3n) is 6.02. The van der Waals surface area contributed by atoms with E-state index in [2.05, 4.69) is 62.8 Å². The van der Waals surface area contributed by atoms with Gasteiger partial charge in [0.15, 0.2) is 0 Å². The molecule has 0 saturated heterocycles. The molecule has 1 amide bonds. The van der Waals surface area contributed by atoms with Crippen LogP contribution < -0.4 is 26.6 Å². The van der Waals surface area contributed by atoms with E-state index < -0.39 is 0 Å². The second-order valence-corrected chi connectivity index (χ2v) is 9.48. The number of anilines is 3. The van der Waals surface area contributed by atoms with Gasteiger partial charge in [-0.1, -0.05) is 19.1 Å². The Kier molecular flexibility index (Phi) is 7.67. The van der Waals surface area contributed by atoms with Crippen LogP contribution in [0.5, 0.6) is 0 Å². The van der Waals surface area contributed by atoms with Gasteiger partial charge in [-0.2, -0.15) is 0 Å². The second kappa shape index (κ2) is 10.9. The molecule has 1 fully saturated rings. The van der Waals surface area contributed by atoms with Gasteiger partial charge >= 0.3 is 0 Å². The zero-order chi connectivity index (χ0) is 23.2. The van der Waals surface area contributed by atoms with Gasteiger partial charge in [-0.25, -0.2) is 4.98 Å². The van der Waals surface area contributed by atoms with Crippen LogP contribution in [0.15, 0.2) is 36.4 Å². The number of pyridine rings is 1. The number of hydrogen-bond donors (Lipinski definition) is 5. The summed E-state index contributed by atoms with van der Waals surface area (Å²) < 4.78 is 0. The molecule has 0 spiro atoms. The van der Waals surface area contributed by atoms with Crippen molar-refractivity contribution in [2.24, 2.45) is 0 Å². The SMILES string of the molecule is CC[C@@H](CNc1ccc(CCNC(=O)c2sc3nc(NC)ccc3c2NC)cc1)NC1CC1. The highest BCUT2D eigenvalue weighted by atomic mass is 32.1. The minimum absolute atomic E-state index is 0.0691. The number of aromatic nitrogens is 1. The quantitative estimate of drug-likeness (QED) is 0.274. The number of fused-ring (bicyclic) bond motifs is 1. The van der Waals surface area contributed by atoms with Gasteiger partial charge in [0.1, 0.15) is 15.5 Å². The number of nitrogens with one attached hydrogen (secondary N) is 5. The molecule has 2 heterocycles. The number of carbonyl (C=O) groups is 1. The van der Waals surface area contributed by atoms with E-state index in [9.17, 15) is 4.79 Å². The van der Waals surface area contributed by atoms with Crippen molar-refractivity contribution in [2.45, 2.75) is 44.7 Å².